The van der Waals surface area contributed by atoms with Crippen molar-refractivity contribution in [1.82, 2.24) is 0 Å². The van der Waals surface area contributed by atoms with Crippen LogP contribution < -0.4 is 0 Å². The minimum Gasteiger partial charge on any atom is -0.393 e. The summed E-state index contributed by atoms with van der Waals surface area (Å²) in [5.41, 5.74) is 0. The third-order valence-corrected chi connectivity index (χ3v) is 2.73. The molecule has 0 amide bonds. The van der Waals surface area contributed by atoms with Crippen molar-refractivity contribution in [3.05, 3.63) is 0 Å². The monoisotopic (exact) mass is 186 g/mol. The summed E-state index contributed by atoms with van der Waals surface area (Å²) in [5, 5.41) is 9.21. The first-order valence-corrected chi connectivity index (χ1v) is 5.41. The van der Waals surface area contributed by atoms with Crippen LogP contribution in [0.5, 0.6) is 0 Å². The first-order chi connectivity index (χ1) is 6.08. The fourth-order valence-electron chi connectivity index (χ4n) is 2.19. The van der Waals surface area contributed by atoms with Crippen LogP contribution in [0.25, 0.3) is 0 Å². The highest BCUT2D eigenvalue weighted by Crippen LogP contribution is 2.25. The van der Waals surface area contributed by atoms with Gasteiger partial charge in [0.15, 0.2) is 0 Å². The zero-order valence-corrected chi connectivity index (χ0v) is 8.99. The Morgan fingerprint density at radius 1 is 1.38 bits per heavy atom. The lowest BCUT2D eigenvalue weighted by atomic mass is 9.96. The molecule has 0 aromatic heterocycles. The van der Waals surface area contributed by atoms with Gasteiger partial charge in [0, 0.05) is 0 Å². The van der Waals surface area contributed by atoms with E-state index in [0.29, 0.717) is 18.1 Å². The normalized spacial score (nSPS) is 33.2. The third-order valence-electron chi connectivity index (χ3n) is 2.73. The van der Waals surface area contributed by atoms with E-state index in [9.17, 15) is 5.11 Å². The number of hydrogen-bond acceptors (Lipinski definition) is 2. The second-order valence-electron chi connectivity index (χ2n) is 4.57. The zero-order chi connectivity index (χ0) is 9.84. The molecule has 2 heteroatoms. The molecule has 1 aliphatic rings. The Balaban J connectivity index is 2.16. The number of rotatable bonds is 4. The standard InChI is InChI=1S/C11H22O2/c1-8(6-9(2)12)7-11-5-4-10(3)13-11/h8-12H,4-7H2,1-3H3. The molecular weight excluding hydrogens is 164 g/mol. The van der Waals surface area contributed by atoms with Crippen LogP contribution in [-0.4, -0.2) is 23.4 Å². The van der Waals surface area contributed by atoms with Gasteiger partial charge in [-0.25, -0.2) is 0 Å². The highest BCUT2D eigenvalue weighted by molar-refractivity contribution is 4.73. The molecule has 0 aromatic rings. The molecule has 1 saturated heterocycles. The fourth-order valence-corrected chi connectivity index (χ4v) is 2.19. The Labute approximate surface area is 81.3 Å². The molecule has 4 unspecified atom stereocenters. The topological polar surface area (TPSA) is 29.5 Å². The second-order valence-corrected chi connectivity index (χ2v) is 4.57. The minimum atomic E-state index is -0.172. The summed E-state index contributed by atoms with van der Waals surface area (Å²) in [5.74, 6) is 0.579. The van der Waals surface area contributed by atoms with Crippen LogP contribution in [0.4, 0.5) is 0 Å². The van der Waals surface area contributed by atoms with Gasteiger partial charge in [-0.1, -0.05) is 6.92 Å². The van der Waals surface area contributed by atoms with Gasteiger partial charge in [0.05, 0.1) is 18.3 Å². The largest absolute Gasteiger partial charge is 0.393 e. The van der Waals surface area contributed by atoms with E-state index < -0.39 is 0 Å². The summed E-state index contributed by atoms with van der Waals surface area (Å²) in [6, 6.07) is 0. The quantitative estimate of drug-likeness (QED) is 0.730. The number of aliphatic hydroxyl groups excluding tert-OH is 1. The van der Waals surface area contributed by atoms with Crippen LogP contribution in [0.2, 0.25) is 0 Å². The molecule has 78 valence electrons. The Morgan fingerprint density at radius 3 is 2.54 bits per heavy atom. The maximum absolute atomic E-state index is 9.21. The lowest BCUT2D eigenvalue weighted by Crippen LogP contribution is -2.15. The molecule has 2 nitrogen and oxygen atoms in total. The predicted molar refractivity (Wildman–Crippen MR) is 53.6 cm³/mol. The van der Waals surface area contributed by atoms with Crippen LogP contribution in [0.15, 0.2) is 0 Å². The van der Waals surface area contributed by atoms with E-state index in [4.69, 9.17) is 4.74 Å². The predicted octanol–water partition coefficient (Wildman–Crippen LogP) is 2.35. The SMILES string of the molecule is CC(O)CC(C)CC1CCC(C)O1. The molecular formula is C11H22O2. The summed E-state index contributed by atoms with van der Waals surface area (Å²) in [6.07, 6.45) is 5.13. The summed E-state index contributed by atoms with van der Waals surface area (Å²) in [4.78, 5) is 0. The minimum absolute atomic E-state index is 0.172. The van der Waals surface area contributed by atoms with Crippen molar-refractivity contribution in [1.29, 1.82) is 0 Å². The first kappa shape index (κ1) is 11.0. The second kappa shape index (κ2) is 4.97. The Morgan fingerprint density at radius 2 is 2.08 bits per heavy atom. The number of ether oxygens (including phenoxy) is 1. The van der Waals surface area contributed by atoms with Crippen molar-refractivity contribution in [3.63, 3.8) is 0 Å². The van der Waals surface area contributed by atoms with Crippen LogP contribution >= 0.6 is 0 Å². The van der Waals surface area contributed by atoms with Gasteiger partial charge in [0.1, 0.15) is 0 Å². The molecule has 1 heterocycles. The number of hydrogen-bond donors (Lipinski definition) is 1. The van der Waals surface area contributed by atoms with Crippen molar-refractivity contribution in [3.8, 4) is 0 Å². The van der Waals surface area contributed by atoms with E-state index in [1.165, 1.54) is 12.8 Å². The fraction of sp³-hybridized carbons (Fsp3) is 1.00. The smallest absolute Gasteiger partial charge is 0.0582 e. The first-order valence-electron chi connectivity index (χ1n) is 5.41. The Bertz CT molecular complexity index is 145. The van der Waals surface area contributed by atoms with Crippen molar-refractivity contribution in [2.75, 3.05) is 0 Å². The molecule has 1 fully saturated rings. The molecule has 1 rings (SSSR count). The maximum Gasteiger partial charge on any atom is 0.0582 e. The summed E-state index contributed by atoms with van der Waals surface area (Å²) in [7, 11) is 0. The average molecular weight is 186 g/mol. The lowest BCUT2D eigenvalue weighted by molar-refractivity contribution is 0.0370. The Kier molecular flexibility index (Phi) is 4.20. The molecule has 1 N–H and O–H groups in total. The zero-order valence-electron chi connectivity index (χ0n) is 8.99. The average Bonchev–Trinajstić information content (AvgIpc) is 2.33. The van der Waals surface area contributed by atoms with Gasteiger partial charge < -0.3 is 9.84 Å². The van der Waals surface area contributed by atoms with Gasteiger partial charge in [-0.2, -0.15) is 0 Å². The van der Waals surface area contributed by atoms with Gasteiger partial charge >= 0.3 is 0 Å². The molecule has 4 atom stereocenters. The molecule has 0 bridgehead atoms. The maximum atomic E-state index is 9.21. The van der Waals surface area contributed by atoms with Crippen molar-refractivity contribution in [2.24, 2.45) is 5.92 Å². The van der Waals surface area contributed by atoms with Crippen LogP contribution in [0, 0.1) is 5.92 Å². The molecule has 0 aromatic carbocycles. The van der Waals surface area contributed by atoms with Crippen molar-refractivity contribution >= 4 is 0 Å². The lowest BCUT2D eigenvalue weighted by Gasteiger charge is -2.17. The van der Waals surface area contributed by atoms with Gasteiger partial charge in [0.2, 0.25) is 0 Å². The molecule has 1 aliphatic heterocycles. The van der Waals surface area contributed by atoms with E-state index in [0.717, 1.165) is 12.8 Å². The van der Waals surface area contributed by atoms with E-state index in [1.54, 1.807) is 0 Å². The van der Waals surface area contributed by atoms with Crippen LogP contribution in [0.3, 0.4) is 0 Å². The van der Waals surface area contributed by atoms with E-state index in [-0.39, 0.29) is 6.10 Å². The van der Waals surface area contributed by atoms with E-state index >= 15 is 0 Å². The summed E-state index contributed by atoms with van der Waals surface area (Å²) >= 11 is 0. The van der Waals surface area contributed by atoms with E-state index in [1.807, 2.05) is 6.92 Å². The van der Waals surface area contributed by atoms with Crippen LogP contribution in [0.1, 0.15) is 46.5 Å². The molecule has 13 heavy (non-hydrogen) atoms. The van der Waals surface area contributed by atoms with Crippen LogP contribution in [-0.2, 0) is 4.74 Å². The van der Waals surface area contributed by atoms with Crippen molar-refractivity contribution < 1.29 is 9.84 Å². The van der Waals surface area contributed by atoms with Gasteiger partial charge in [-0.3, -0.25) is 0 Å². The molecule has 0 saturated carbocycles. The summed E-state index contributed by atoms with van der Waals surface area (Å²) in [6.45, 7) is 6.19. The Hall–Kier alpha value is -0.0800. The number of aliphatic hydroxyl groups is 1. The van der Waals surface area contributed by atoms with E-state index in [2.05, 4.69) is 13.8 Å². The highest BCUT2D eigenvalue weighted by Gasteiger charge is 2.23. The highest BCUT2D eigenvalue weighted by atomic mass is 16.5. The van der Waals surface area contributed by atoms with Gasteiger partial charge in [-0.15, -0.1) is 0 Å². The van der Waals surface area contributed by atoms with Gasteiger partial charge in [0.25, 0.3) is 0 Å². The van der Waals surface area contributed by atoms with Crippen molar-refractivity contribution in [2.45, 2.75) is 64.8 Å². The summed E-state index contributed by atoms with van der Waals surface area (Å²) < 4.78 is 5.73. The molecule has 0 aliphatic carbocycles. The molecule has 0 radical (unpaired) electrons. The molecule has 0 spiro atoms. The van der Waals surface area contributed by atoms with Gasteiger partial charge in [-0.05, 0) is 45.4 Å². The third kappa shape index (κ3) is 4.10.